The van der Waals surface area contributed by atoms with Gasteiger partial charge in [0.1, 0.15) is 0 Å². The van der Waals surface area contributed by atoms with Crippen LogP contribution < -0.4 is 0 Å². The summed E-state index contributed by atoms with van der Waals surface area (Å²) in [7, 11) is 0. The van der Waals surface area contributed by atoms with E-state index in [1.807, 2.05) is 13.8 Å². The molecule has 0 radical (unpaired) electrons. The Balaban J connectivity index is 4.17. The van der Waals surface area contributed by atoms with Crippen molar-refractivity contribution in [3.8, 4) is 0 Å². The van der Waals surface area contributed by atoms with E-state index >= 15 is 0 Å². The van der Waals surface area contributed by atoms with Crippen LogP contribution in [0.25, 0.3) is 0 Å². The molecular formula is C16H24IN. The first-order valence-corrected chi connectivity index (χ1v) is 7.28. The molecule has 0 aliphatic carbocycles. The lowest BCUT2D eigenvalue weighted by Crippen LogP contribution is -2.08. The second kappa shape index (κ2) is 11.3. The van der Waals surface area contributed by atoms with Gasteiger partial charge in [0, 0.05) is 12.2 Å². The minimum atomic E-state index is 0.932. The Bertz CT molecular complexity index is 359. The fourth-order valence-electron chi connectivity index (χ4n) is 1.36. The molecule has 0 fully saturated rings. The van der Waals surface area contributed by atoms with Gasteiger partial charge in [0.05, 0.1) is 22.9 Å². The van der Waals surface area contributed by atoms with Crippen LogP contribution in [0.5, 0.6) is 0 Å². The van der Waals surface area contributed by atoms with Crippen LogP contribution in [0.1, 0.15) is 34.1 Å². The van der Waals surface area contributed by atoms with Gasteiger partial charge in [-0.25, -0.2) is 0 Å². The fraction of sp³-hybridized carbons (Fsp3) is 0.375. The van der Waals surface area contributed by atoms with Gasteiger partial charge in [0.25, 0.3) is 0 Å². The number of rotatable bonds is 7. The van der Waals surface area contributed by atoms with Crippen LogP contribution in [-0.2, 0) is 0 Å². The van der Waals surface area contributed by atoms with Crippen molar-refractivity contribution >= 4 is 22.9 Å². The molecule has 0 atom stereocenters. The summed E-state index contributed by atoms with van der Waals surface area (Å²) in [6, 6.07) is 0. The first-order valence-electron chi connectivity index (χ1n) is 6.31. The molecule has 0 unspecified atom stereocenters. The molecule has 0 spiro atoms. The van der Waals surface area contributed by atoms with Crippen LogP contribution >= 0.6 is 22.9 Å². The molecule has 0 aromatic carbocycles. The fourth-order valence-corrected chi connectivity index (χ4v) is 2.02. The largest absolute Gasteiger partial charge is 0.311 e. The van der Waals surface area contributed by atoms with Crippen molar-refractivity contribution in [1.82, 2.24) is 3.11 Å². The summed E-state index contributed by atoms with van der Waals surface area (Å²) in [6.45, 7) is 9.23. The monoisotopic (exact) mass is 357 g/mol. The Morgan fingerprint density at radius 3 is 2.39 bits per heavy atom. The lowest BCUT2D eigenvalue weighted by molar-refractivity contribution is 0.706. The average molecular weight is 357 g/mol. The van der Waals surface area contributed by atoms with E-state index in [0.29, 0.717) is 0 Å². The predicted octanol–water partition coefficient (Wildman–Crippen LogP) is 5.59. The SMILES string of the molecule is C/C=C\C=C(\C)C/C=C/CN(I)C(/C=C\C)=C/C. The molecule has 0 heterocycles. The summed E-state index contributed by atoms with van der Waals surface area (Å²) in [6.07, 6.45) is 18.1. The number of allylic oxidation sites excluding steroid dienone is 8. The van der Waals surface area contributed by atoms with Crippen molar-refractivity contribution in [3.63, 3.8) is 0 Å². The van der Waals surface area contributed by atoms with Crippen molar-refractivity contribution in [2.24, 2.45) is 0 Å². The number of hydrogen-bond donors (Lipinski definition) is 0. The molecule has 0 aliphatic heterocycles. The zero-order chi connectivity index (χ0) is 13.8. The van der Waals surface area contributed by atoms with Crippen LogP contribution in [0.3, 0.4) is 0 Å². The van der Waals surface area contributed by atoms with E-state index < -0.39 is 0 Å². The van der Waals surface area contributed by atoms with Gasteiger partial charge in [-0.1, -0.05) is 48.1 Å². The smallest absolute Gasteiger partial charge is 0.0594 e. The first-order chi connectivity index (χ1) is 8.65. The summed E-state index contributed by atoms with van der Waals surface area (Å²) >= 11 is 2.34. The Labute approximate surface area is 126 Å². The van der Waals surface area contributed by atoms with Gasteiger partial charge in [0.15, 0.2) is 0 Å². The average Bonchev–Trinajstić information content (AvgIpc) is 2.38. The van der Waals surface area contributed by atoms with Crippen LogP contribution in [0.15, 0.2) is 59.9 Å². The van der Waals surface area contributed by atoms with E-state index in [0.717, 1.165) is 13.0 Å². The van der Waals surface area contributed by atoms with Crippen molar-refractivity contribution in [2.45, 2.75) is 34.1 Å². The highest BCUT2D eigenvalue weighted by Gasteiger charge is 1.98. The van der Waals surface area contributed by atoms with Crippen LogP contribution in [-0.4, -0.2) is 9.66 Å². The highest BCUT2D eigenvalue weighted by molar-refractivity contribution is 14.1. The van der Waals surface area contributed by atoms with E-state index in [1.165, 1.54) is 11.3 Å². The number of halogens is 1. The van der Waals surface area contributed by atoms with Gasteiger partial charge in [0.2, 0.25) is 0 Å². The third-order valence-electron chi connectivity index (χ3n) is 2.36. The molecule has 0 aromatic heterocycles. The molecule has 100 valence electrons. The van der Waals surface area contributed by atoms with Gasteiger partial charge in [-0.05, 0) is 40.2 Å². The molecule has 0 amide bonds. The van der Waals surface area contributed by atoms with Crippen LogP contribution in [0.2, 0.25) is 0 Å². The Morgan fingerprint density at radius 2 is 1.83 bits per heavy atom. The lowest BCUT2D eigenvalue weighted by Gasteiger charge is -2.15. The molecule has 0 bridgehead atoms. The molecule has 0 aromatic rings. The van der Waals surface area contributed by atoms with Gasteiger partial charge in [-0.2, -0.15) is 0 Å². The van der Waals surface area contributed by atoms with Crippen molar-refractivity contribution in [3.05, 3.63) is 59.9 Å². The molecule has 0 saturated heterocycles. The maximum atomic E-state index is 2.34. The zero-order valence-corrected chi connectivity index (χ0v) is 14.0. The maximum absolute atomic E-state index is 2.34. The van der Waals surface area contributed by atoms with Gasteiger partial charge < -0.3 is 3.11 Å². The Kier molecular flexibility index (Phi) is 10.8. The number of nitrogens with zero attached hydrogens (tertiary/aromatic N) is 1. The minimum Gasteiger partial charge on any atom is -0.311 e. The van der Waals surface area contributed by atoms with E-state index in [4.69, 9.17) is 0 Å². The summed E-state index contributed by atoms with van der Waals surface area (Å²) < 4.78 is 2.21. The lowest BCUT2D eigenvalue weighted by atomic mass is 10.2. The third kappa shape index (κ3) is 8.34. The highest BCUT2D eigenvalue weighted by atomic mass is 127. The predicted molar refractivity (Wildman–Crippen MR) is 91.6 cm³/mol. The molecule has 1 nitrogen and oxygen atoms in total. The summed E-state index contributed by atoms with van der Waals surface area (Å²) in [5, 5.41) is 0. The van der Waals surface area contributed by atoms with Crippen molar-refractivity contribution < 1.29 is 0 Å². The van der Waals surface area contributed by atoms with Crippen molar-refractivity contribution in [1.29, 1.82) is 0 Å². The molecule has 18 heavy (non-hydrogen) atoms. The van der Waals surface area contributed by atoms with Gasteiger partial charge in [-0.3, -0.25) is 0 Å². The minimum absolute atomic E-state index is 0.932. The Morgan fingerprint density at radius 1 is 1.11 bits per heavy atom. The van der Waals surface area contributed by atoms with E-state index in [9.17, 15) is 0 Å². The quantitative estimate of drug-likeness (QED) is 0.249. The van der Waals surface area contributed by atoms with Gasteiger partial charge in [-0.15, -0.1) is 0 Å². The molecular weight excluding hydrogens is 333 g/mol. The standard InChI is InChI=1S/C16H24IN/c1-5-8-12-15(4)13-9-10-14-18(17)16(7-3)11-6-2/h5-12H,13-14H2,1-4H3/b8-5-,10-9+,11-6-,15-12-,16-7+. The topological polar surface area (TPSA) is 3.24 Å². The van der Waals surface area contributed by atoms with Crippen LogP contribution in [0.4, 0.5) is 0 Å². The highest BCUT2D eigenvalue weighted by Crippen LogP contribution is 2.12. The van der Waals surface area contributed by atoms with Crippen LogP contribution in [0, 0.1) is 0 Å². The summed E-state index contributed by atoms with van der Waals surface area (Å²) in [4.78, 5) is 0. The molecule has 0 rings (SSSR count). The molecule has 0 N–H and O–H groups in total. The first kappa shape index (κ1) is 17.2. The normalized spacial score (nSPS) is 14.3. The Hall–Kier alpha value is -0.770. The number of hydrogen-bond acceptors (Lipinski definition) is 1. The maximum Gasteiger partial charge on any atom is 0.0594 e. The second-order valence-corrected chi connectivity index (χ2v) is 5.14. The molecule has 0 aliphatic rings. The summed E-state index contributed by atoms with van der Waals surface area (Å²) in [5.41, 5.74) is 2.62. The van der Waals surface area contributed by atoms with E-state index in [1.54, 1.807) is 0 Å². The summed E-state index contributed by atoms with van der Waals surface area (Å²) in [5.74, 6) is 0. The van der Waals surface area contributed by atoms with Gasteiger partial charge >= 0.3 is 0 Å². The third-order valence-corrected chi connectivity index (χ3v) is 3.31. The van der Waals surface area contributed by atoms with E-state index in [2.05, 4.69) is 88.4 Å². The van der Waals surface area contributed by atoms with Crippen molar-refractivity contribution in [2.75, 3.05) is 6.54 Å². The molecule has 0 saturated carbocycles. The zero-order valence-electron chi connectivity index (χ0n) is 11.9. The van der Waals surface area contributed by atoms with E-state index in [-0.39, 0.29) is 0 Å². The molecule has 2 heteroatoms. The second-order valence-electron chi connectivity index (χ2n) is 3.97.